The third-order valence-corrected chi connectivity index (χ3v) is 4.46. The van der Waals surface area contributed by atoms with Gasteiger partial charge in [-0.15, -0.1) is 11.3 Å². The number of rotatable bonds is 3. The summed E-state index contributed by atoms with van der Waals surface area (Å²) >= 11 is 1.62. The van der Waals surface area contributed by atoms with Crippen LogP contribution in [0.2, 0.25) is 0 Å². The van der Waals surface area contributed by atoms with Gasteiger partial charge in [0.15, 0.2) is 5.82 Å². The van der Waals surface area contributed by atoms with Crippen molar-refractivity contribution in [2.24, 2.45) is 0 Å². The Kier molecular flexibility index (Phi) is 3.80. The summed E-state index contributed by atoms with van der Waals surface area (Å²) in [6.07, 6.45) is 0.575. The molecule has 0 spiro atoms. The van der Waals surface area contributed by atoms with E-state index in [2.05, 4.69) is 20.4 Å². The van der Waals surface area contributed by atoms with Gasteiger partial charge in [-0.05, 0) is 13.0 Å². The molecular formula is C16H16N4O2S. The molecule has 1 N–H and O–H groups in total. The summed E-state index contributed by atoms with van der Waals surface area (Å²) in [4.78, 5) is 8.94. The predicted octanol–water partition coefficient (Wildman–Crippen LogP) is 2.57. The monoisotopic (exact) mass is 328 g/mol. The number of aryl methyl sites for hydroxylation is 1. The van der Waals surface area contributed by atoms with Crippen LogP contribution in [0.4, 0.5) is 0 Å². The first-order valence-corrected chi connectivity index (χ1v) is 8.37. The summed E-state index contributed by atoms with van der Waals surface area (Å²) in [6.45, 7) is 4.22. The molecule has 23 heavy (non-hydrogen) atoms. The van der Waals surface area contributed by atoms with E-state index in [1.807, 2.05) is 30.5 Å². The van der Waals surface area contributed by atoms with Crippen LogP contribution in [0.25, 0.3) is 11.5 Å². The van der Waals surface area contributed by atoms with Gasteiger partial charge in [0.1, 0.15) is 12.4 Å². The summed E-state index contributed by atoms with van der Waals surface area (Å²) in [5.41, 5.74) is 2.92. The van der Waals surface area contributed by atoms with Gasteiger partial charge in [0, 0.05) is 24.0 Å². The van der Waals surface area contributed by atoms with Crippen LogP contribution in [0.5, 0.6) is 5.75 Å². The maximum Gasteiger partial charge on any atom is 0.261 e. The van der Waals surface area contributed by atoms with Crippen LogP contribution < -0.4 is 10.1 Å². The summed E-state index contributed by atoms with van der Waals surface area (Å²) in [5.74, 6) is 1.96. The average molecular weight is 328 g/mol. The number of para-hydroxylation sites is 1. The SMILES string of the molecule is Cc1nc(Cc2noc(-c3cccc4c3OCCNC4)n2)cs1. The zero-order chi connectivity index (χ0) is 15.6. The molecule has 0 unspecified atom stereocenters. The third-order valence-electron chi connectivity index (χ3n) is 3.64. The van der Waals surface area contributed by atoms with Crippen LogP contribution in [0.3, 0.4) is 0 Å². The van der Waals surface area contributed by atoms with E-state index in [9.17, 15) is 0 Å². The number of benzene rings is 1. The summed E-state index contributed by atoms with van der Waals surface area (Å²) in [6, 6.07) is 5.99. The van der Waals surface area contributed by atoms with Gasteiger partial charge in [-0.2, -0.15) is 4.98 Å². The Morgan fingerprint density at radius 2 is 2.26 bits per heavy atom. The van der Waals surface area contributed by atoms with Crippen molar-refractivity contribution in [3.8, 4) is 17.2 Å². The minimum absolute atomic E-state index is 0.491. The van der Waals surface area contributed by atoms with Gasteiger partial charge < -0.3 is 14.6 Å². The first-order chi connectivity index (χ1) is 11.3. The summed E-state index contributed by atoms with van der Waals surface area (Å²) in [5, 5.41) is 10.5. The van der Waals surface area contributed by atoms with Crippen molar-refractivity contribution < 1.29 is 9.26 Å². The van der Waals surface area contributed by atoms with Crippen molar-refractivity contribution in [2.45, 2.75) is 19.9 Å². The number of aromatic nitrogens is 3. The van der Waals surface area contributed by atoms with E-state index in [4.69, 9.17) is 9.26 Å². The van der Waals surface area contributed by atoms with E-state index >= 15 is 0 Å². The Labute approximate surface area is 137 Å². The maximum atomic E-state index is 5.86. The first-order valence-electron chi connectivity index (χ1n) is 7.49. The molecule has 0 atom stereocenters. The van der Waals surface area contributed by atoms with E-state index in [0.29, 0.717) is 24.7 Å². The Balaban J connectivity index is 1.64. The van der Waals surface area contributed by atoms with Crippen LogP contribution >= 0.6 is 11.3 Å². The van der Waals surface area contributed by atoms with Crippen molar-refractivity contribution in [1.82, 2.24) is 20.4 Å². The van der Waals surface area contributed by atoms with Crippen LogP contribution in [0, 0.1) is 6.92 Å². The smallest absolute Gasteiger partial charge is 0.261 e. The zero-order valence-electron chi connectivity index (χ0n) is 12.7. The lowest BCUT2D eigenvalue weighted by Gasteiger charge is -2.09. The van der Waals surface area contributed by atoms with Crippen LogP contribution in [0.15, 0.2) is 28.1 Å². The van der Waals surface area contributed by atoms with Gasteiger partial charge in [-0.25, -0.2) is 4.98 Å². The molecule has 7 heteroatoms. The lowest BCUT2D eigenvalue weighted by molar-refractivity contribution is 0.325. The lowest BCUT2D eigenvalue weighted by atomic mass is 10.1. The van der Waals surface area contributed by atoms with Gasteiger partial charge in [-0.3, -0.25) is 0 Å². The maximum absolute atomic E-state index is 5.86. The second kappa shape index (κ2) is 6.10. The summed E-state index contributed by atoms with van der Waals surface area (Å²) in [7, 11) is 0. The van der Waals surface area contributed by atoms with E-state index in [1.165, 1.54) is 0 Å². The van der Waals surface area contributed by atoms with E-state index < -0.39 is 0 Å². The third kappa shape index (κ3) is 2.97. The zero-order valence-corrected chi connectivity index (χ0v) is 13.5. The fourth-order valence-corrected chi connectivity index (χ4v) is 3.21. The quantitative estimate of drug-likeness (QED) is 0.796. The van der Waals surface area contributed by atoms with Gasteiger partial charge >= 0.3 is 0 Å². The van der Waals surface area contributed by atoms with E-state index in [0.717, 1.165) is 40.7 Å². The van der Waals surface area contributed by atoms with Crippen LogP contribution in [-0.4, -0.2) is 28.3 Å². The van der Waals surface area contributed by atoms with E-state index in [-0.39, 0.29) is 0 Å². The minimum Gasteiger partial charge on any atom is -0.491 e. The van der Waals surface area contributed by atoms with Gasteiger partial charge in [0.05, 0.1) is 22.7 Å². The molecule has 0 bridgehead atoms. The van der Waals surface area contributed by atoms with Crippen molar-refractivity contribution in [3.63, 3.8) is 0 Å². The molecule has 3 aromatic rings. The molecule has 0 saturated carbocycles. The highest BCUT2D eigenvalue weighted by atomic mass is 32.1. The fraction of sp³-hybridized carbons (Fsp3) is 0.312. The number of hydrogen-bond donors (Lipinski definition) is 1. The fourth-order valence-electron chi connectivity index (χ4n) is 2.60. The number of nitrogens with one attached hydrogen (secondary N) is 1. The molecule has 2 aromatic heterocycles. The summed E-state index contributed by atoms with van der Waals surface area (Å²) < 4.78 is 11.3. The standard InChI is InChI=1S/C16H16N4O2S/c1-10-18-12(9-23-10)7-14-19-16(22-20-14)13-4-2-3-11-8-17-5-6-21-15(11)13/h2-4,9,17H,5-8H2,1H3. The Bertz CT molecular complexity index is 827. The molecule has 1 aliphatic rings. The molecule has 118 valence electrons. The Morgan fingerprint density at radius 3 is 3.13 bits per heavy atom. The molecule has 4 rings (SSSR count). The first kappa shape index (κ1) is 14.3. The van der Waals surface area contributed by atoms with Gasteiger partial charge in [-0.1, -0.05) is 17.3 Å². The molecule has 0 amide bonds. The molecule has 1 aromatic carbocycles. The normalized spacial score (nSPS) is 14.1. The van der Waals surface area contributed by atoms with Gasteiger partial charge in [0.25, 0.3) is 5.89 Å². The van der Waals surface area contributed by atoms with E-state index in [1.54, 1.807) is 11.3 Å². The molecule has 1 aliphatic heterocycles. The highest BCUT2D eigenvalue weighted by Gasteiger charge is 2.19. The number of ether oxygens (including phenoxy) is 1. The van der Waals surface area contributed by atoms with Crippen molar-refractivity contribution in [1.29, 1.82) is 0 Å². The number of hydrogen-bond acceptors (Lipinski definition) is 7. The molecule has 0 radical (unpaired) electrons. The number of thiazole rings is 1. The van der Waals surface area contributed by atoms with Gasteiger partial charge in [0.2, 0.25) is 0 Å². The van der Waals surface area contributed by atoms with Crippen molar-refractivity contribution in [2.75, 3.05) is 13.2 Å². The highest BCUT2D eigenvalue weighted by molar-refractivity contribution is 7.09. The lowest BCUT2D eigenvalue weighted by Crippen LogP contribution is -2.16. The molecule has 0 aliphatic carbocycles. The highest BCUT2D eigenvalue weighted by Crippen LogP contribution is 2.33. The Morgan fingerprint density at radius 1 is 1.30 bits per heavy atom. The molecule has 3 heterocycles. The topological polar surface area (TPSA) is 73.1 Å². The molecule has 0 saturated heterocycles. The second-order valence-corrected chi connectivity index (χ2v) is 6.43. The second-order valence-electron chi connectivity index (χ2n) is 5.37. The van der Waals surface area contributed by atoms with Crippen molar-refractivity contribution in [3.05, 3.63) is 45.7 Å². The van der Waals surface area contributed by atoms with Crippen LogP contribution in [0.1, 0.15) is 22.1 Å². The molecular weight excluding hydrogens is 312 g/mol. The Hall–Kier alpha value is -2.25. The van der Waals surface area contributed by atoms with Crippen LogP contribution in [-0.2, 0) is 13.0 Å². The van der Waals surface area contributed by atoms with Crippen molar-refractivity contribution >= 4 is 11.3 Å². The minimum atomic E-state index is 0.491. The number of fused-ring (bicyclic) bond motifs is 1. The molecule has 6 nitrogen and oxygen atoms in total. The predicted molar refractivity (Wildman–Crippen MR) is 86.6 cm³/mol. The molecule has 0 fully saturated rings. The average Bonchev–Trinajstić information content (AvgIpc) is 3.10. The largest absolute Gasteiger partial charge is 0.491 e. The number of nitrogens with zero attached hydrogens (tertiary/aromatic N) is 3.